The van der Waals surface area contributed by atoms with Gasteiger partial charge in [0.2, 0.25) is 5.16 Å². The van der Waals surface area contributed by atoms with Gasteiger partial charge in [-0.1, -0.05) is 23.9 Å². The molecular formula is C18H17N5O5S. The number of methoxy groups -OCH3 is 1. The van der Waals surface area contributed by atoms with Crippen molar-refractivity contribution in [1.82, 2.24) is 20.2 Å². The number of thioether (sulfide) groups is 1. The van der Waals surface area contributed by atoms with E-state index in [9.17, 15) is 10.1 Å². The second-order valence-electron chi connectivity index (χ2n) is 6.22. The molecule has 0 radical (unpaired) electrons. The Morgan fingerprint density at radius 2 is 2.14 bits per heavy atom. The van der Waals surface area contributed by atoms with E-state index >= 15 is 0 Å². The molecule has 1 aliphatic rings. The molecule has 1 aliphatic heterocycles. The Kier molecular flexibility index (Phi) is 5.58. The molecule has 3 aromatic rings. The van der Waals surface area contributed by atoms with Gasteiger partial charge in [0.05, 0.1) is 25.2 Å². The Bertz CT molecular complexity index is 1020. The Labute approximate surface area is 169 Å². The normalized spacial score (nSPS) is 12.9. The minimum Gasteiger partial charge on any atom is -0.497 e. The smallest absolute Gasteiger partial charge is 0.270 e. The van der Waals surface area contributed by atoms with Crippen molar-refractivity contribution in [1.29, 1.82) is 0 Å². The first-order valence-electron chi connectivity index (χ1n) is 8.66. The largest absolute Gasteiger partial charge is 0.497 e. The molecule has 2 heterocycles. The summed E-state index contributed by atoms with van der Waals surface area (Å²) in [6.07, 6.45) is 0. The maximum Gasteiger partial charge on any atom is 0.270 e. The molecule has 0 N–H and O–H groups in total. The average molecular weight is 415 g/mol. The number of nitro benzene ring substituents is 1. The zero-order valence-corrected chi connectivity index (χ0v) is 16.3. The number of nitro groups is 1. The number of benzene rings is 2. The third kappa shape index (κ3) is 4.30. The quantitative estimate of drug-likeness (QED) is 0.326. The predicted molar refractivity (Wildman–Crippen MR) is 103 cm³/mol. The van der Waals surface area contributed by atoms with Crippen molar-refractivity contribution >= 4 is 17.4 Å². The summed E-state index contributed by atoms with van der Waals surface area (Å²) in [5, 5.41) is 23.7. The predicted octanol–water partition coefficient (Wildman–Crippen LogP) is 2.80. The highest BCUT2D eigenvalue weighted by Gasteiger charge is 2.21. The molecular weight excluding hydrogens is 398 g/mol. The van der Waals surface area contributed by atoms with Crippen molar-refractivity contribution in [3.05, 3.63) is 63.2 Å². The van der Waals surface area contributed by atoms with Crippen LogP contribution in [0, 0.1) is 10.1 Å². The zero-order valence-electron chi connectivity index (χ0n) is 15.5. The first-order chi connectivity index (χ1) is 14.1. The molecule has 0 saturated carbocycles. The SMILES string of the molecule is COc1ccc(Cn2nnnc2SCc2cc([N+](=O)[O-])cc3c2OCOC3)cc1. The highest BCUT2D eigenvalue weighted by molar-refractivity contribution is 7.98. The first-order valence-corrected chi connectivity index (χ1v) is 9.65. The van der Waals surface area contributed by atoms with Gasteiger partial charge in [0.15, 0.2) is 6.79 Å². The molecule has 0 aliphatic carbocycles. The molecule has 2 aromatic carbocycles. The molecule has 0 bridgehead atoms. The second-order valence-corrected chi connectivity index (χ2v) is 7.16. The molecule has 0 spiro atoms. The van der Waals surface area contributed by atoms with Crippen LogP contribution >= 0.6 is 11.8 Å². The standard InChI is InChI=1S/C18H17N5O5S/c1-26-16-4-2-12(3-5-16)8-22-18(19-20-21-22)29-10-14-7-15(23(24)25)6-13-9-27-11-28-17(13)14/h2-7H,8-11H2,1H3. The van der Waals surface area contributed by atoms with Crippen molar-refractivity contribution in [2.24, 2.45) is 0 Å². The number of ether oxygens (including phenoxy) is 3. The molecule has 4 rings (SSSR count). The van der Waals surface area contributed by atoms with E-state index in [0.717, 1.165) is 11.3 Å². The third-order valence-electron chi connectivity index (χ3n) is 4.33. The summed E-state index contributed by atoms with van der Waals surface area (Å²) in [6.45, 7) is 0.901. The number of non-ortho nitro benzene ring substituents is 1. The van der Waals surface area contributed by atoms with Crippen molar-refractivity contribution in [3.63, 3.8) is 0 Å². The Morgan fingerprint density at radius 1 is 1.31 bits per heavy atom. The first kappa shape index (κ1) is 19.2. The van der Waals surface area contributed by atoms with Gasteiger partial charge >= 0.3 is 0 Å². The topological polar surface area (TPSA) is 114 Å². The monoisotopic (exact) mass is 415 g/mol. The molecule has 1 aromatic heterocycles. The van der Waals surface area contributed by atoms with Crippen LogP contribution in [-0.2, 0) is 23.6 Å². The van der Waals surface area contributed by atoms with Gasteiger partial charge in [-0.2, -0.15) is 0 Å². The van der Waals surface area contributed by atoms with Crippen molar-refractivity contribution in [2.75, 3.05) is 13.9 Å². The van der Waals surface area contributed by atoms with E-state index in [0.29, 0.717) is 34.3 Å². The van der Waals surface area contributed by atoms with Crippen LogP contribution in [0.25, 0.3) is 0 Å². The van der Waals surface area contributed by atoms with Gasteiger partial charge in [0.25, 0.3) is 5.69 Å². The van der Waals surface area contributed by atoms with Gasteiger partial charge in [-0.3, -0.25) is 10.1 Å². The van der Waals surface area contributed by atoms with Crippen LogP contribution in [0.1, 0.15) is 16.7 Å². The maximum absolute atomic E-state index is 11.2. The van der Waals surface area contributed by atoms with Gasteiger partial charge in [-0.05, 0) is 28.1 Å². The summed E-state index contributed by atoms with van der Waals surface area (Å²) in [5.74, 6) is 1.83. The molecule has 10 nitrogen and oxygen atoms in total. The number of tetrazole rings is 1. The Balaban J connectivity index is 1.52. The molecule has 0 fully saturated rings. The molecule has 0 unspecified atom stereocenters. The fourth-order valence-corrected chi connectivity index (χ4v) is 3.78. The zero-order chi connectivity index (χ0) is 20.2. The summed E-state index contributed by atoms with van der Waals surface area (Å²) in [7, 11) is 1.62. The lowest BCUT2D eigenvalue weighted by Gasteiger charge is -2.20. The van der Waals surface area contributed by atoms with Crippen molar-refractivity contribution < 1.29 is 19.1 Å². The highest BCUT2D eigenvalue weighted by atomic mass is 32.2. The fraction of sp³-hybridized carbons (Fsp3) is 0.278. The molecule has 0 saturated heterocycles. The Morgan fingerprint density at radius 3 is 2.90 bits per heavy atom. The molecule has 150 valence electrons. The summed E-state index contributed by atoms with van der Waals surface area (Å²) in [5.41, 5.74) is 2.40. The van der Waals surface area contributed by atoms with E-state index in [4.69, 9.17) is 14.2 Å². The van der Waals surface area contributed by atoms with Crippen LogP contribution in [0.2, 0.25) is 0 Å². The Hall–Kier alpha value is -3.18. The van der Waals surface area contributed by atoms with Crippen LogP contribution < -0.4 is 9.47 Å². The lowest BCUT2D eigenvalue weighted by atomic mass is 10.1. The van der Waals surface area contributed by atoms with Crippen LogP contribution in [-0.4, -0.2) is 39.0 Å². The lowest BCUT2D eigenvalue weighted by molar-refractivity contribution is -0.385. The van der Waals surface area contributed by atoms with E-state index < -0.39 is 4.92 Å². The number of nitrogens with zero attached hydrogens (tertiary/aromatic N) is 5. The highest BCUT2D eigenvalue weighted by Crippen LogP contribution is 2.35. The number of aromatic nitrogens is 4. The van der Waals surface area contributed by atoms with Crippen LogP contribution in [0.5, 0.6) is 11.5 Å². The minimum absolute atomic E-state index is 0.00581. The number of hydrogen-bond acceptors (Lipinski definition) is 9. The minimum atomic E-state index is -0.420. The van der Waals surface area contributed by atoms with E-state index in [1.807, 2.05) is 24.3 Å². The molecule has 0 amide bonds. The number of rotatable bonds is 7. The van der Waals surface area contributed by atoms with E-state index in [1.165, 1.54) is 23.9 Å². The van der Waals surface area contributed by atoms with Gasteiger partial charge in [0, 0.05) is 29.0 Å². The second kappa shape index (κ2) is 8.45. The van der Waals surface area contributed by atoms with E-state index in [2.05, 4.69) is 15.5 Å². The van der Waals surface area contributed by atoms with Crippen LogP contribution in [0.15, 0.2) is 41.6 Å². The summed E-state index contributed by atoms with van der Waals surface area (Å²) in [4.78, 5) is 10.8. The average Bonchev–Trinajstić information content (AvgIpc) is 3.19. The fourth-order valence-electron chi connectivity index (χ4n) is 2.94. The van der Waals surface area contributed by atoms with Gasteiger partial charge in [0.1, 0.15) is 11.5 Å². The van der Waals surface area contributed by atoms with Crippen LogP contribution in [0.3, 0.4) is 0 Å². The van der Waals surface area contributed by atoms with Gasteiger partial charge in [-0.15, -0.1) is 5.10 Å². The summed E-state index contributed by atoms with van der Waals surface area (Å²) >= 11 is 1.39. The summed E-state index contributed by atoms with van der Waals surface area (Å²) < 4.78 is 17.7. The third-order valence-corrected chi connectivity index (χ3v) is 5.34. The van der Waals surface area contributed by atoms with Crippen molar-refractivity contribution in [2.45, 2.75) is 24.1 Å². The number of fused-ring (bicyclic) bond motifs is 1. The van der Waals surface area contributed by atoms with Crippen molar-refractivity contribution in [3.8, 4) is 11.5 Å². The van der Waals surface area contributed by atoms with Crippen LogP contribution in [0.4, 0.5) is 5.69 Å². The lowest BCUT2D eigenvalue weighted by Crippen LogP contribution is -2.13. The van der Waals surface area contributed by atoms with Gasteiger partial charge < -0.3 is 14.2 Å². The molecule has 0 atom stereocenters. The maximum atomic E-state index is 11.2. The summed E-state index contributed by atoms with van der Waals surface area (Å²) in [6, 6.07) is 10.6. The van der Waals surface area contributed by atoms with Gasteiger partial charge in [-0.25, -0.2) is 4.68 Å². The number of hydrogen-bond donors (Lipinski definition) is 0. The van der Waals surface area contributed by atoms with E-state index in [1.54, 1.807) is 11.8 Å². The molecule has 29 heavy (non-hydrogen) atoms. The molecule has 11 heteroatoms. The van der Waals surface area contributed by atoms with E-state index in [-0.39, 0.29) is 19.1 Å².